The number of ether oxygens (including phenoxy) is 2. The number of aromatic amines is 1. The van der Waals surface area contributed by atoms with E-state index in [1.165, 1.54) is 7.11 Å². The second-order valence-corrected chi connectivity index (χ2v) is 10.1. The first kappa shape index (κ1) is 26.9. The summed E-state index contributed by atoms with van der Waals surface area (Å²) >= 11 is 0. The molecule has 11 nitrogen and oxygen atoms in total. The molecule has 1 aliphatic heterocycles. The van der Waals surface area contributed by atoms with Gasteiger partial charge in [-0.3, -0.25) is 23.4 Å². The third-order valence-corrected chi connectivity index (χ3v) is 7.21. The molecule has 0 amide bonds. The fourth-order valence-electron chi connectivity index (χ4n) is 3.72. The van der Waals surface area contributed by atoms with E-state index in [1.54, 1.807) is 24.3 Å². The molecule has 0 aliphatic carbocycles. The molecule has 1 aromatic heterocycles. The van der Waals surface area contributed by atoms with Crippen molar-refractivity contribution < 1.29 is 32.6 Å². The topological polar surface area (TPSA) is 141 Å². The second-order valence-electron chi connectivity index (χ2n) is 8.31. The van der Waals surface area contributed by atoms with Gasteiger partial charge in [0.2, 0.25) is 5.82 Å². The lowest BCUT2D eigenvalue weighted by Crippen LogP contribution is -2.34. The highest BCUT2D eigenvalue weighted by atomic mass is 31.2. The predicted molar refractivity (Wildman–Crippen MR) is 130 cm³/mol. The molecule has 0 radical (unpaired) electrons. The Kier molecular flexibility index (Phi) is 8.70. The summed E-state index contributed by atoms with van der Waals surface area (Å²) < 4.78 is 50.3. The Morgan fingerprint density at radius 1 is 1.16 bits per heavy atom. The Hall–Kier alpha value is -3.12. The molecule has 0 spiro atoms. The average molecular weight is 535 g/mol. The fraction of sp³-hybridized carbons (Fsp3) is 0.333. The van der Waals surface area contributed by atoms with Gasteiger partial charge in [-0.2, -0.15) is 4.39 Å². The highest BCUT2D eigenvalue weighted by Gasteiger charge is 2.38. The molecule has 37 heavy (non-hydrogen) atoms. The zero-order chi connectivity index (χ0) is 26.4. The molecular weight excluding hydrogens is 508 g/mol. The van der Waals surface area contributed by atoms with Crippen molar-refractivity contribution in [1.82, 2.24) is 14.6 Å². The maximum Gasteiger partial charge on any atom is 0.406 e. The first-order valence-corrected chi connectivity index (χ1v) is 13.0. The molecule has 4 atom stereocenters. The summed E-state index contributed by atoms with van der Waals surface area (Å²) in [7, 11) is -2.39. The quantitative estimate of drug-likeness (QED) is 0.316. The van der Waals surface area contributed by atoms with Crippen LogP contribution >= 0.6 is 7.75 Å². The number of halogens is 1. The van der Waals surface area contributed by atoms with Gasteiger partial charge < -0.3 is 14.6 Å². The van der Waals surface area contributed by atoms with Crippen LogP contribution in [0.25, 0.3) is 0 Å². The Bertz CT molecular complexity index is 1370. The number of aliphatic hydroxyl groups excluding tert-OH is 1. The minimum atomic E-state index is -3.93. The lowest BCUT2D eigenvalue weighted by Gasteiger charge is -2.22. The molecule has 0 saturated carbocycles. The molecule has 198 valence electrons. The summed E-state index contributed by atoms with van der Waals surface area (Å²) in [6.07, 6.45) is -2.54. The average Bonchev–Trinajstić information content (AvgIpc) is 3.28. The van der Waals surface area contributed by atoms with Crippen LogP contribution in [0.1, 0.15) is 23.8 Å². The van der Waals surface area contributed by atoms with E-state index in [-0.39, 0.29) is 26.2 Å². The molecule has 1 fully saturated rings. The van der Waals surface area contributed by atoms with Crippen LogP contribution in [0.2, 0.25) is 0 Å². The lowest BCUT2D eigenvalue weighted by molar-refractivity contribution is -0.0442. The number of aromatic nitrogens is 2. The SMILES string of the molecule is COc1cccc(COP(=O)(NCc2ccccc2)OC[C@H]2O[C@@H](n3cc(F)c(=O)[nH]c3=O)C[C@@H]2O)c1. The number of benzene rings is 2. The van der Waals surface area contributed by atoms with E-state index >= 15 is 0 Å². The highest BCUT2D eigenvalue weighted by molar-refractivity contribution is 7.51. The van der Waals surface area contributed by atoms with Gasteiger partial charge in [-0.05, 0) is 23.3 Å². The summed E-state index contributed by atoms with van der Waals surface area (Å²) in [4.78, 5) is 25.2. The number of nitrogens with one attached hydrogen (secondary N) is 2. The van der Waals surface area contributed by atoms with Crippen molar-refractivity contribution in [2.45, 2.75) is 38.0 Å². The van der Waals surface area contributed by atoms with E-state index < -0.39 is 43.2 Å². The smallest absolute Gasteiger partial charge is 0.406 e. The van der Waals surface area contributed by atoms with Crippen LogP contribution in [-0.4, -0.2) is 40.6 Å². The third-order valence-electron chi connectivity index (χ3n) is 5.70. The summed E-state index contributed by atoms with van der Waals surface area (Å²) in [5.74, 6) is -0.561. The molecule has 2 aromatic carbocycles. The highest BCUT2D eigenvalue weighted by Crippen LogP contribution is 2.46. The number of hydrogen-bond donors (Lipinski definition) is 3. The van der Waals surface area contributed by atoms with Gasteiger partial charge in [0, 0.05) is 13.0 Å². The van der Waals surface area contributed by atoms with Crippen molar-refractivity contribution in [3.05, 3.63) is 98.6 Å². The second kappa shape index (κ2) is 12.0. The molecule has 2 heterocycles. The van der Waals surface area contributed by atoms with Crippen molar-refractivity contribution in [3.8, 4) is 5.75 Å². The van der Waals surface area contributed by atoms with Gasteiger partial charge in [-0.1, -0.05) is 42.5 Å². The van der Waals surface area contributed by atoms with Gasteiger partial charge in [0.25, 0.3) is 5.56 Å². The van der Waals surface area contributed by atoms with Crippen molar-refractivity contribution in [3.63, 3.8) is 0 Å². The van der Waals surface area contributed by atoms with E-state index in [0.29, 0.717) is 17.5 Å². The monoisotopic (exact) mass is 535 g/mol. The Morgan fingerprint density at radius 3 is 2.68 bits per heavy atom. The number of hydrogen-bond acceptors (Lipinski definition) is 8. The van der Waals surface area contributed by atoms with Gasteiger partial charge >= 0.3 is 13.4 Å². The summed E-state index contributed by atoms with van der Waals surface area (Å²) in [6.45, 7) is -0.229. The first-order chi connectivity index (χ1) is 17.8. The van der Waals surface area contributed by atoms with Crippen LogP contribution in [0, 0.1) is 5.82 Å². The maximum absolute atomic E-state index is 13.7. The van der Waals surface area contributed by atoms with Crippen LogP contribution in [-0.2, 0) is 31.5 Å². The summed E-state index contributed by atoms with van der Waals surface area (Å²) in [6, 6.07) is 16.3. The summed E-state index contributed by atoms with van der Waals surface area (Å²) in [5.41, 5.74) is -0.505. The van der Waals surface area contributed by atoms with E-state index in [2.05, 4.69) is 5.09 Å². The van der Waals surface area contributed by atoms with Gasteiger partial charge in [0.1, 0.15) is 18.1 Å². The van der Waals surface area contributed by atoms with Crippen LogP contribution in [0.3, 0.4) is 0 Å². The lowest BCUT2D eigenvalue weighted by atomic mass is 10.2. The van der Waals surface area contributed by atoms with Crippen LogP contribution in [0.5, 0.6) is 5.75 Å². The minimum absolute atomic E-state index is 0.0565. The van der Waals surface area contributed by atoms with Crippen LogP contribution in [0.4, 0.5) is 4.39 Å². The Labute approximate surface area is 211 Å². The molecule has 3 aromatic rings. The standard InChI is InChI=1S/C24H27FN3O8P/c1-33-18-9-5-8-17(10-18)14-34-37(32,26-12-16-6-3-2-4-7-16)35-15-21-20(29)11-22(36-21)28-13-19(25)23(30)27-24(28)31/h2-10,13,20-22,29H,11-12,14-15H2,1H3,(H,26,32)(H,27,30,31)/t20-,21+,22+,37?/m0/s1. The van der Waals surface area contributed by atoms with Crippen molar-refractivity contribution >= 4 is 7.75 Å². The van der Waals surface area contributed by atoms with Gasteiger partial charge in [0.05, 0.1) is 32.6 Å². The molecule has 1 saturated heterocycles. The van der Waals surface area contributed by atoms with E-state index in [4.69, 9.17) is 18.5 Å². The molecule has 1 unspecified atom stereocenters. The third kappa shape index (κ3) is 7.01. The maximum atomic E-state index is 13.7. The molecule has 1 aliphatic rings. The Balaban J connectivity index is 1.44. The zero-order valence-corrected chi connectivity index (χ0v) is 20.8. The zero-order valence-electron chi connectivity index (χ0n) is 19.9. The number of rotatable bonds is 11. The molecule has 13 heteroatoms. The Morgan fingerprint density at radius 2 is 1.92 bits per heavy atom. The number of H-pyrrole nitrogens is 1. The normalized spacial score (nSPS) is 21.0. The number of nitrogens with zero attached hydrogens (tertiary/aromatic N) is 1. The van der Waals surface area contributed by atoms with Gasteiger partial charge in [-0.25, -0.2) is 14.4 Å². The largest absolute Gasteiger partial charge is 0.497 e. The predicted octanol–water partition coefficient (Wildman–Crippen LogP) is 2.46. The summed E-state index contributed by atoms with van der Waals surface area (Å²) in [5, 5.41) is 13.3. The molecule has 0 bridgehead atoms. The fourth-order valence-corrected chi connectivity index (χ4v) is 5.01. The number of aliphatic hydroxyl groups is 1. The molecular formula is C24H27FN3O8P. The van der Waals surface area contributed by atoms with Gasteiger partial charge in [0.15, 0.2) is 0 Å². The van der Waals surface area contributed by atoms with Crippen LogP contribution < -0.4 is 21.1 Å². The van der Waals surface area contributed by atoms with E-state index in [0.717, 1.165) is 10.1 Å². The van der Waals surface area contributed by atoms with Crippen molar-refractivity contribution in [2.75, 3.05) is 13.7 Å². The van der Waals surface area contributed by atoms with Gasteiger partial charge in [-0.15, -0.1) is 0 Å². The van der Waals surface area contributed by atoms with Crippen molar-refractivity contribution in [1.29, 1.82) is 0 Å². The molecule has 3 N–H and O–H groups in total. The van der Waals surface area contributed by atoms with E-state index in [1.807, 2.05) is 35.3 Å². The minimum Gasteiger partial charge on any atom is -0.497 e. The number of methoxy groups -OCH3 is 1. The first-order valence-electron chi connectivity index (χ1n) is 11.4. The van der Waals surface area contributed by atoms with Crippen molar-refractivity contribution in [2.24, 2.45) is 0 Å². The molecule has 4 rings (SSSR count). The van der Waals surface area contributed by atoms with E-state index in [9.17, 15) is 23.7 Å². The van der Waals surface area contributed by atoms with Crippen LogP contribution in [0.15, 0.2) is 70.4 Å².